The fraction of sp³-hybridized carbons (Fsp3) is 0.267. The highest BCUT2D eigenvalue weighted by Crippen LogP contribution is 2.25. The summed E-state index contributed by atoms with van der Waals surface area (Å²) in [6, 6.07) is 9.05. The molecule has 0 saturated carbocycles. The maximum atomic E-state index is 12.2. The van der Waals surface area contributed by atoms with E-state index in [2.05, 4.69) is 21.2 Å². The summed E-state index contributed by atoms with van der Waals surface area (Å²) in [6.07, 6.45) is -0.233. The molecule has 1 amide bonds. The van der Waals surface area contributed by atoms with Gasteiger partial charge in [-0.15, -0.1) is 11.3 Å². The van der Waals surface area contributed by atoms with Crippen LogP contribution in [0.3, 0.4) is 0 Å². The zero-order chi connectivity index (χ0) is 15.4. The fourth-order valence-electron chi connectivity index (χ4n) is 2.10. The molecule has 0 fully saturated rings. The van der Waals surface area contributed by atoms with E-state index in [4.69, 9.17) is 16.3 Å². The Morgan fingerprint density at radius 2 is 2.00 bits per heavy atom. The second-order valence-electron chi connectivity index (χ2n) is 4.58. The van der Waals surface area contributed by atoms with Crippen LogP contribution in [0.5, 0.6) is 0 Å². The van der Waals surface area contributed by atoms with Gasteiger partial charge in [0.2, 0.25) is 0 Å². The van der Waals surface area contributed by atoms with Crippen LogP contribution in [-0.2, 0) is 4.74 Å². The summed E-state index contributed by atoms with van der Waals surface area (Å²) in [5.74, 6) is -0.119. The van der Waals surface area contributed by atoms with Gasteiger partial charge < -0.3 is 10.1 Å². The van der Waals surface area contributed by atoms with Gasteiger partial charge in [-0.2, -0.15) is 0 Å². The first kappa shape index (κ1) is 16.5. The Hall–Kier alpha value is -0.880. The summed E-state index contributed by atoms with van der Waals surface area (Å²) < 4.78 is 6.35. The van der Waals surface area contributed by atoms with Gasteiger partial charge >= 0.3 is 0 Å². The van der Waals surface area contributed by atoms with Crippen molar-refractivity contribution >= 4 is 44.8 Å². The van der Waals surface area contributed by atoms with E-state index < -0.39 is 0 Å². The molecule has 3 nitrogen and oxygen atoms in total. The Morgan fingerprint density at radius 1 is 1.33 bits per heavy atom. The number of methoxy groups -OCH3 is 1. The smallest absolute Gasteiger partial charge is 0.253 e. The molecule has 1 aromatic heterocycles. The van der Waals surface area contributed by atoms with Crippen LogP contribution in [-0.4, -0.2) is 19.1 Å². The molecule has 2 rings (SSSR count). The summed E-state index contributed by atoms with van der Waals surface area (Å²) >= 11 is 10.8. The molecule has 0 radical (unpaired) electrons. The lowest BCUT2D eigenvalue weighted by Crippen LogP contribution is -2.37. The zero-order valence-corrected chi connectivity index (χ0v) is 14.8. The normalized spacial score (nSPS) is 13.7. The molecule has 0 aliphatic rings. The minimum Gasteiger partial charge on any atom is -0.375 e. The van der Waals surface area contributed by atoms with Crippen molar-refractivity contribution in [2.45, 2.75) is 19.1 Å². The van der Waals surface area contributed by atoms with Crippen LogP contribution in [0.15, 0.2) is 39.5 Å². The molecule has 21 heavy (non-hydrogen) atoms. The van der Waals surface area contributed by atoms with E-state index >= 15 is 0 Å². The third-order valence-electron chi connectivity index (χ3n) is 3.13. The van der Waals surface area contributed by atoms with E-state index in [-0.39, 0.29) is 18.1 Å². The van der Waals surface area contributed by atoms with Gasteiger partial charge in [0.1, 0.15) is 6.10 Å². The largest absolute Gasteiger partial charge is 0.375 e. The van der Waals surface area contributed by atoms with E-state index in [0.29, 0.717) is 10.6 Å². The Kier molecular flexibility index (Phi) is 5.81. The minimum absolute atomic E-state index is 0.119. The number of rotatable bonds is 5. The van der Waals surface area contributed by atoms with Crippen molar-refractivity contribution in [2.75, 3.05) is 7.11 Å². The van der Waals surface area contributed by atoms with Gasteiger partial charge in [0.15, 0.2) is 0 Å². The van der Waals surface area contributed by atoms with E-state index in [9.17, 15) is 4.79 Å². The minimum atomic E-state index is -0.233. The van der Waals surface area contributed by atoms with Gasteiger partial charge in [-0.1, -0.05) is 23.7 Å². The predicted octanol–water partition coefficient (Wildman–Crippen LogP) is 4.67. The lowest BCUT2D eigenvalue weighted by Gasteiger charge is -2.24. The number of thiophene rings is 1. The van der Waals surface area contributed by atoms with Crippen molar-refractivity contribution in [2.24, 2.45) is 0 Å². The Morgan fingerprint density at radius 3 is 2.52 bits per heavy atom. The Bertz CT molecular complexity index is 614. The maximum absolute atomic E-state index is 12.2. The molecule has 0 aliphatic heterocycles. The van der Waals surface area contributed by atoms with Crippen molar-refractivity contribution in [3.63, 3.8) is 0 Å². The molecule has 1 heterocycles. The quantitative estimate of drug-likeness (QED) is 0.808. The van der Waals surface area contributed by atoms with E-state index in [1.54, 1.807) is 13.2 Å². The van der Waals surface area contributed by atoms with Crippen LogP contribution in [0.4, 0.5) is 0 Å². The zero-order valence-electron chi connectivity index (χ0n) is 11.6. The van der Waals surface area contributed by atoms with Crippen molar-refractivity contribution < 1.29 is 9.53 Å². The molecule has 0 aliphatic carbocycles. The molecule has 0 bridgehead atoms. The summed E-state index contributed by atoms with van der Waals surface area (Å²) in [5, 5.41) is 5.51. The lowest BCUT2D eigenvalue weighted by molar-refractivity contribution is 0.0645. The van der Waals surface area contributed by atoms with E-state index in [1.807, 2.05) is 36.6 Å². The van der Waals surface area contributed by atoms with Crippen molar-refractivity contribution in [1.29, 1.82) is 0 Å². The second kappa shape index (κ2) is 7.40. The number of benzene rings is 1. The number of nitrogens with one attached hydrogen (secondary N) is 1. The maximum Gasteiger partial charge on any atom is 0.253 e. The number of hydrogen-bond acceptors (Lipinski definition) is 3. The number of carbonyl (C=O) groups is 1. The Balaban J connectivity index is 2.10. The SMILES string of the molecule is CO[C@H](c1ccc(Cl)cc1)[C@H](C)NC(=O)c1ccsc1Br. The van der Waals surface area contributed by atoms with Crippen molar-refractivity contribution in [3.05, 3.63) is 55.6 Å². The first-order chi connectivity index (χ1) is 10.0. The molecule has 2 aromatic rings. The molecule has 0 unspecified atom stereocenters. The first-order valence-electron chi connectivity index (χ1n) is 6.35. The van der Waals surface area contributed by atoms with Crippen LogP contribution < -0.4 is 5.32 Å². The summed E-state index contributed by atoms with van der Waals surface area (Å²) in [6.45, 7) is 1.92. The van der Waals surface area contributed by atoms with Gasteiger partial charge in [-0.25, -0.2) is 0 Å². The molecule has 0 saturated heterocycles. The summed E-state index contributed by atoms with van der Waals surface area (Å²) in [5.41, 5.74) is 1.61. The van der Waals surface area contributed by atoms with Gasteiger partial charge in [0.05, 0.1) is 15.4 Å². The average molecular weight is 389 g/mol. The summed E-state index contributed by atoms with van der Waals surface area (Å²) in [4.78, 5) is 12.2. The molecule has 1 N–H and O–H groups in total. The number of hydrogen-bond donors (Lipinski definition) is 1. The van der Waals surface area contributed by atoms with E-state index in [0.717, 1.165) is 9.35 Å². The standard InChI is InChI=1S/C15H15BrClNO2S/c1-9(18-15(19)12-7-8-21-14(12)16)13(20-2)10-3-5-11(17)6-4-10/h3-9,13H,1-2H3,(H,18,19)/t9-,13-/m0/s1. The van der Waals surface area contributed by atoms with Crippen LogP contribution >= 0.6 is 38.9 Å². The molecule has 1 aromatic carbocycles. The molecular formula is C15H15BrClNO2S. The van der Waals surface area contributed by atoms with E-state index in [1.165, 1.54) is 11.3 Å². The van der Waals surface area contributed by atoms with Gasteiger partial charge in [0.25, 0.3) is 5.91 Å². The predicted molar refractivity (Wildman–Crippen MR) is 90.1 cm³/mol. The number of amides is 1. The first-order valence-corrected chi connectivity index (χ1v) is 8.40. The number of ether oxygens (including phenoxy) is 1. The topological polar surface area (TPSA) is 38.3 Å². The number of carbonyl (C=O) groups excluding carboxylic acids is 1. The summed E-state index contributed by atoms with van der Waals surface area (Å²) in [7, 11) is 1.63. The van der Waals surface area contributed by atoms with Crippen LogP contribution in [0.2, 0.25) is 5.02 Å². The highest BCUT2D eigenvalue weighted by molar-refractivity contribution is 9.11. The third-order valence-corrected chi connectivity index (χ3v) is 5.07. The second-order valence-corrected chi connectivity index (χ2v) is 7.25. The van der Waals surface area contributed by atoms with Gasteiger partial charge in [-0.05, 0) is 52.0 Å². The molecule has 0 spiro atoms. The van der Waals surface area contributed by atoms with Crippen molar-refractivity contribution in [1.82, 2.24) is 5.32 Å². The molecule has 112 valence electrons. The average Bonchev–Trinajstić information content (AvgIpc) is 2.88. The fourth-order valence-corrected chi connectivity index (χ4v) is 3.47. The van der Waals surface area contributed by atoms with Crippen molar-refractivity contribution in [3.8, 4) is 0 Å². The molecular weight excluding hydrogens is 374 g/mol. The van der Waals surface area contributed by atoms with Gasteiger partial charge in [-0.3, -0.25) is 4.79 Å². The monoisotopic (exact) mass is 387 g/mol. The Labute approximate surface area is 141 Å². The highest BCUT2D eigenvalue weighted by Gasteiger charge is 2.22. The van der Waals surface area contributed by atoms with Crippen LogP contribution in [0, 0.1) is 0 Å². The highest BCUT2D eigenvalue weighted by atomic mass is 79.9. The lowest BCUT2D eigenvalue weighted by atomic mass is 10.0. The molecule has 6 heteroatoms. The number of halogens is 2. The van der Waals surface area contributed by atoms with Crippen LogP contribution in [0.1, 0.15) is 28.9 Å². The van der Waals surface area contributed by atoms with Crippen LogP contribution in [0.25, 0.3) is 0 Å². The third kappa shape index (κ3) is 4.07. The molecule has 2 atom stereocenters. The van der Waals surface area contributed by atoms with Gasteiger partial charge in [0, 0.05) is 12.1 Å².